The summed E-state index contributed by atoms with van der Waals surface area (Å²) in [5.74, 6) is -1.69. The minimum Gasteiger partial charge on any atom is -0.481 e. The second-order valence-corrected chi connectivity index (χ2v) is 5.04. The molecule has 5 heteroatoms. The van der Waals surface area contributed by atoms with Crippen molar-refractivity contribution in [2.45, 2.75) is 13.3 Å². The van der Waals surface area contributed by atoms with Crippen LogP contribution in [0.3, 0.4) is 0 Å². The molecule has 1 aromatic carbocycles. The van der Waals surface area contributed by atoms with E-state index in [-0.39, 0.29) is 18.9 Å². The van der Waals surface area contributed by atoms with E-state index in [9.17, 15) is 9.59 Å². The van der Waals surface area contributed by atoms with Crippen LogP contribution < -0.4 is 4.90 Å². The summed E-state index contributed by atoms with van der Waals surface area (Å²) in [5, 5.41) is 9.97. The molecule has 1 amide bonds. The molecule has 5 nitrogen and oxygen atoms in total. The molecular weight excluding hydrogens is 256 g/mol. The highest BCUT2D eigenvalue weighted by atomic mass is 16.4. The van der Waals surface area contributed by atoms with Crippen molar-refractivity contribution >= 4 is 28.5 Å². The standard InChI is InChI=1S/C15H14N2O3/c1-9-4-5-12-11(3-2-6-16-12)14(9)17-8-10(15(19)20)7-13(17)18/h2-6,10H,7-8H2,1H3,(H,19,20). The Hall–Kier alpha value is -2.43. The third kappa shape index (κ3) is 1.91. The van der Waals surface area contributed by atoms with Gasteiger partial charge in [0, 0.05) is 24.5 Å². The number of carbonyl (C=O) groups excluding carboxylic acids is 1. The Labute approximate surface area is 115 Å². The SMILES string of the molecule is Cc1ccc2ncccc2c1N1CC(C(=O)O)CC1=O. The first-order valence-electron chi connectivity index (χ1n) is 6.45. The number of benzene rings is 1. The number of amides is 1. The van der Waals surface area contributed by atoms with Gasteiger partial charge in [0.1, 0.15) is 0 Å². The molecule has 20 heavy (non-hydrogen) atoms. The van der Waals surface area contributed by atoms with Crippen molar-refractivity contribution in [3.05, 3.63) is 36.0 Å². The number of pyridine rings is 1. The van der Waals surface area contributed by atoms with Crippen LogP contribution in [0.15, 0.2) is 30.5 Å². The zero-order valence-electron chi connectivity index (χ0n) is 11.0. The van der Waals surface area contributed by atoms with Crippen molar-refractivity contribution in [2.24, 2.45) is 5.92 Å². The van der Waals surface area contributed by atoms with E-state index in [1.165, 1.54) is 0 Å². The molecule has 102 valence electrons. The molecule has 3 rings (SSSR count). The van der Waals surface area contributed by atoms with Crippen molar-refractivity contribution in [1.29, 1.82) is 0 Å². The first-order valence-corrected chi connectivity index (χ1v) is 6.45. The fourth-order valence-electron chi connectivity index (χ4n) is 2.69. The average molecular weight is 270 g/mol. The smallest absolute Gasteiger partial charge is 0.308 e. The lowest BCUT2D eigenvalue weighted by atomic mass is 10.1. The number of aromatic nitrogens is 1. The summed E-state index contributed by atoms with van der Waals surface area (Å²) in [4.78, 5) is 29.1. The number of carbonyl (C=O) groups is 2. The molecule has 1 atom stereocenters. The van der Waals surface area contributed by atoms with E-state index >= 15 is 0 Å². The molecular formula is C15H14N2O3. The van der Waals surface area contributed by atoms with Crippen molar-refractivity contribution in [2.75, 3.05) is 11.4 Å². The van der Waals surface area contributed by atoms with Crippen LogP contribution in [0.4, 0.5) is 5.69 Å². The number of aliphatic carboxylic acids is 1. The lowest BCUT2D eigenvalue weighted by Gasteiger charge is -2.20. The highest BCUT2D eigenvalue weighted by Gasteiger charge is 2.36. The van der Waals surface area contributed by atoms with E-state index in [0.29, 0.717) is 0 Å². The Balaban J connectivity index is 2.13. The van der Waals surface area contributed by atoms with Crippen LogP contribution in [0.5, 0.6) is 0 Å². The Morgan fingerprint density at radius 1 is 1.40 bits per heavy atom. The van der Waals surface area contributed by atoms with Crippen LogP contribution in [0, 0.1) is 12.8 Å². The van der Waals surface area contributed by atoms with E-state index in [4.69, 9.17) is 5.11 Å². The summed E-state index contributed by atoms with van der Waals surface area (Å²) >= 11 is 0. The first kappa shape index (κ1) is 12.6. The van der Waals surface area contributed by atoms with Gasteiger partial charge >= 0.3 is 5.97 Å². The quantitative estimate of drug-likeness (QED) is 0.905. The van der Waals surface area contributed by atoms with Gasteiger partial charge < -0.3 is 10.0 Å². The largest absolute Gasteiger partial charge is 0.481 e. The predicted molar refractivity (Wildman–Crippen MR) is 74.6 cm³/mol. The molecule has 0 bridgehead atoms. The molecule has 1 aromatic heterocycles. The number of aryl methyl sites for hydroxylation is 1. The summed E-state index contributed by atoms with van der Waals surface area (Å²) in [6.07, 6.45) is 1.76. The van der Waals surface area contributed by atoms with Gasteiger partial charge in [0.15, 0.2) is 0 Å². The zero-order valence-corrected chi connectivity index (χ0v) is 11.0. The van der Waals surface area contributed by atoms with Crippen molar-refractivity contribution in [3.63, 3.8) is 0 Å². The topological polar surface area (TPSA) is 70.5 Å². The van der Waals surface area contributed by atoms with E-state index in [0.717, 1.165) is 22.2 Å². The van der Waals surface area contributed by atoms with Crippen molar-refractivity contribution in [1.82, 2.24) is 4.98 Å². The van der Waals surface area contributed by atoms with Crippen LogP contribution in [-0.2, 0) is 9.59 Å². The number of hydrogen-bond donors (Lipinski definition) is 1. The fraction of sp³-hybridized carbons (Fsp3) is 0.267. The number of anilines is 1. The third-order valence-corrected chi connectivity index (χ3v) is 3.70. The highest BCUT2D eigenvalue weighted by molar-refractivity contribution is 6.06. The van der Waals surface area contributed by atoms with Crippen LogP contribution in [0.1, 0.15) is 12.0 Å². The predicted octanol–water partition coefficient (Wildman–Crippen LogP) is 1.98. The van der Waals surface area contributed by atoms with Crippen molar-refractivity contribution in [3.8, 4) is 0 Å². The monoisotopic (exact) mass is 270 g/mol. The summed E-state index contributed by atoms with van der Waals surface area (Å²) in [6, 6.07) is 7.54. The number of fused-ring (bicyclic) bond motifs is 1. The van der Waals surface area contributed by atoms with Gasteiger partial charge in [-0.05, 0) is 30.7 Å². The summed E-state index contributed by atoms with van der Waals surface area (Å²) in [5.41, 5.74) is 2.54. The lowest BCUT2D eigenvalue weighted by Crippen LogP contribution is -2.26. The maximum Gasteiger partial charge on any atom is 0.308 e. The summed E-state index contributed by atoms with van der Waals surface area (Å²) < 4.78 is 0. The normalized spacial score (nSPS) is 18.8. The maximum absolute atomic E-state index is 12.1. The molecule has 1 saturated heterocycles. The number of carboxylic acid groups (broad SMARTS) is 1. The Kier molecular flexibility index (Phi) is 2.89. The first-order chi connectivity index (χ1) is 9.58. The van der Waals surface area contributed by atoms with Gasteiger partial charge in [-0.1, -0.05) is 6.07 Å². The molecule has 1 N–H and O–H groups in total. The molecule has 0 radical (unpaired) electrons. The molecule has 0 saturated carbocycles. The molecule has 1 aliphatic heterocycles. The zero-order chi connectivity index (χ0) is 14.3. The average Bonchev–Trinajstić information content (AvgIpc) is 2.81. The van der Waals surface area contributed by atoms with Crippen LogP contribution in [-0.4, -0.2) is 28.5 Å². The Morgan fingerprint density at radius 2 is 2.20 bits per heavy atom. The minimum absolute atomic E-state index is 0.0609. The molecule has 1 aliphatic rings. The van der Waals surface area contributed by atoms with Crippen molar-refractivity contribution < 1.29 is 14.7 Å². The molecule has 0 aliphatic carbocycles. The van der Waals surface area contributed by atoms with Gasteiger partial charge in [0.25, 0.3) is 0 Å². The van der Waals surface area contributed by atoms with Gasteiger partial charge in [0.05, 0.1) is 17.1 Å². The Bertz CT molecular complexity index is 711. The molecule has 1 fully saturated rings. The second-order valence-electron chi connectivity index (χ2n) is 5.04. The van der Waals surface area contributed by atoms with Crippen LogP contribution in [0.2, 0.25) is 0 Å². The van der Waals surface area contributed by atoms with E-state index in [1.807, 2.05) is 31.2 Å². The fourth-order valence-corrected chi connectivity index (χ4v) is 2.69. The minimum atomic E-state index is -0.920. The number of nitrogens with zero attached hydrogens (tertiary/aromatic N) is 2. The van der Waals surface area contributed by atoms with Gasteiger partial charge in [-0.15, -0.1) is 0 Å². The lowest BCUT2D eigenvalue weighted by molar-refractivity contribution is -0.141. The molecule has 1 unspecified atom stereocenters. The van der Waals surface area contributed by atoms with Gasteiger partial charge in [0.2, 0.25) is 5.91 Å². The Morgan fingerprint density at radius 3 is 2.90 bits per heavy atom. The molecule has 2 heterocycles. The maximum atomic E-state index is 12.1. The van der Waals surface area contributed by atoms with Crippen LogP contribution in [0.25, 0.3) is 10.9 Å². The van der Waals surface area contributed by atoms with Gasteiger partial charge in [-0.25, -0.2) is 0 Å². The molecule has 2 aromatic rings. The van der Waals surface area contributed by atoms with E-state index in [1.54, 1.807) is 11.1 Å². The number of hydrogen-bond acceptors (Lipinski definition) is 3. The van der Waals surface area contributed by atoms with Gasteiger partial charge in [-0.3, -0.25) is 14.6 Å². The number of carboxylic acids is 1. The van der Waals surface area contributed by atoms with E-state index < -0.39 is 11.9 Å². The van der Waals surface area contributed by atoms with Gasteiger partial charge in [-0.2, -0.15) is 0 Å². The highest BCUT2D eigenvalue weighted by Crippen LogP contribution is 2.33. The number of rotatable bonds is 2. The van der Waals surface area contributed by atoms with E-state index in [2.05, 4.69) is 4.98 Å². The summed E-state index contributed by atoms with van der Waals surface area (Å²) in [7, 11) is 0. The van der Waals surface area contributed by atoms with Crippen LogP contribution >= 0.6 is 0 Å². The molecule has 0 spiro atoms. The third-order valence-electron chi connectivity index (χ3n) is 3.70. The summed E-state index contributed by atoms with van der Waals surface area (Å²) in [6.45, 7) is 2.15. The second kappa shape index (κ2) is 4.59.